The van der Waals surface area contributed by atoms with Crippen molar-refractivity contribution in [1.29, 1.82) is 0 Å². The maximum Gasteiger partial charge on any atom is 0.224 e. The molecule has 0 atom stereocenters. The highest BCUT2D eigenvalue weighted by molar-refractivity contribution is 6.28. The second-order valence-corrected chi connectivity index (χ2v) is 5.43. The molecule has 1 aromatic heterocycles. The summed E-state index contributed by atoms with van der Waals surface area (Å²) in [7, 11) is 0. The molecule has 0 amide bonds. The van der Waals surface area contributed by atoms with E-state index in [0.717, 1.165) is 43.4 Å². The number of hydrogen-bond acceptors (Lipinski definition) is 4. The summed E-state index contributed by atoms with van der Waals surface area (Å²) in [5, 5.41) is 0.283. The highest BCUT2D eigenvalue weighted by Gasteiger charge is 2.19. The van der Waals surface area contributed by atoms with Gasteiger partial charge in [0.15, 0.2) is 0 Å². The van der Waals surface area contributed by atoms with Crippen molar-refractivity contribution in [2.45, 2.75) is 6.92 Å². The fourth-order valence-corrected chi connectivity index (χ4v) is 2.74. The minimum Gasteiger partial charge on any atom is -0.368 e. The van der Waals surface area contributed by atoms with Crippen molar-refractivity contribution < 1.29 is 4.39 Å². The van der Waals surface area contributed by atoms with E-state index < -0.39 is 0 Å². The zero-order valence-electron chi connectivity index (χ0n) is 11.8. The topological polar surface area (TPSA) is 32.3 Å². The molecule has 0 radical (unpaired) electrons. The van der Waals surface area contributed by atoms with Crippen molar-refractivity contribution >= 4 is 23.1 Å². The Balaban J connectivity index is 1.68. The number of anilines is 2. The molecule has 0 unspecified atom stereocenters. The van der Waals surface area contributed by atoms with Crippen molar-refractivity contribution in [3.8, 4) is 0 Å². The lowest BCUT2D eigenvalue weighted by molar-refractivity contribution is 0.624. The normalized spacial score (nSPS) is 15.4. The summed E-state index contributed by atoms with van der Waals surface area (Å²) in [4.78, 5) is 12.8. The van der Waals surface area contributed by atoms with Gasteiger partial charge in [-0.3, -0.25) is 0 Å². The minimum absolute atomic E-state index is 0.205. The lowest BCUT2D eigenvalue weighted by atomic mass is 10.2. The van der Waals surface area contributed by atoms with Gasteiger partial charge in [0, 0.05) is 43.6 Å². The van der Waals surface area contributed by atoms with E-state index in [-0.39, 0.29) is 11.1 Å². The molecule has 0 N–H and O–H groups in total. The van der Waals surface area contributed by atoms with Crippen LogP contribution in [0.4, 0.5) is 15.9 Å². The molecule has 1 saturated heterocycles. The van der Waals surface area contributed by atoms with Crippen LogP contribution >= 0.6 is 11.6 Å². The Hall–Kier alpha value is -1.88. The first kappa shape index (κ1) is 14.1. The number of piperazine rings is 1. The van der Waals surface area contributed by atoms with E-state index in [1.807, 2.05) is 25.1 Å². The van der Waals surface area contributed by atoms with Crippen LogP contribution in [0.5, 0.6) is 0 Å². The second-order valence-electron chi connectivity index (χ2n) is 5.09. The van der Waals surface area contributed by atoms with Crippen LogP contribution in [0.25, 0.3) is 0 Å². The van der Waals surface area contributed by atoms with Gasteiger partial charge in [-0.1, -0.05) is 0 Å². The van der Waals surface area contributed by atoms with E-state index in [9.17, 15) is 4.39 Å². The number of nitrogens with zero attached hydrogens (tertiary/aromatic N) is 4. The number of halogens is 2. The van der Waals surface area contributed by atoms with E-state index in [1.54, 1.807) is 0 Å². The summed E-state index contributed by atoms with van der Waals surface area (Å²) < 4.78 is 13.0. The summed E-state index contributed by atoms with van der Waals surface area (Å²) in [6.45, 7) is 5.35. The van der Waals surface area contributed by atoms with Gasteiger partial charge in [-0.05, 0) is 42.8 Å². The monoisotopic (exact) mass is 306 g/mol. The fraction of sp³-hybridized carbons (Fsp3) is 0.333. The molecular formula is C15H16ClFN4. The molecule has 2 aromatic rings. The predicted octanol–water partition coefficient (Wildman–Crippen LogP) is 2.90. The van der Waals surface area contributed by atoms with Gasteiger partial charge in [0.2, 0.25) is 5.28 Å². The Bertz CT molecular complexity index is 604. The quantitative estimate of drug-likeness (QED) is 0.799. The Kier molecular flexibility index (Phi) is 3.92. The van der Waals surface area contributed by atoms with Crippen LogP contribution in [-0.2, 0) is 0 Å². The Morgan fingerprint density at radius 1 is 1.00 bits per heavy atom. The lowest BCUT2D eigenvalue weighted by Crippen LogP contribution is -2.46. The first-order valence-electron chi connectivity index (χ1n) is 6.88. The number of rotatable bonds is 2. The molecule has 0 aliphatic carbocycles. The third kappa shape index (κ3) is 3.24. The van der Waals surface area contributed by atoms with Gasteiger partial charge in [0.25, 0.3) is 0 Å². The third-order valence-corrected chi connectivity index (χ3v) is 3.78. The largest absolute Gasteiger partial charge is 0.368 e. The van der Waals surface area contributed by atoms with Crippen LogP contribution in [0.2, 0.25) is 5.28 Å². The third-order valence-electron chi connectivity index (χ3n) is 3.61. The molecule has 0 saturated carbocycles. The molecule has 1 aliphatic rings. The van der Waals surface area contributed by atoms with E-state index in [4.69, 9.17) is 11.6 Å². The number of aromatic nitrogens is 2. The molecular weight excluding hydrogens is 291 g/mol. The van der Waals surface area contributed by atoms with Crippen molar-refractivity contribution in [3.05, 3.63) is 47.1 Å². The standard InChI is InChI=1S/C15H16ClFN4/c1-11-10-14(19-15(16)18-11)21-8-6-20(7-9-21)13-4-2-12(17)3-5-13/h2-5,10H,6-9H2,1H3. The summed E-state index contributed by atoms with van der Waals surface area (Å²) in [6.07, 6.45) is 0. The van der Waals surface area contributed by atoms with E-state index in [0.29, 0.717) is 0 Å². The Morgan fingerprint density at radius 2 is 1.62 bits per heavy atom. The smallest absolute Gasteiger partial charge is 0.224 e. The zero-order valence-corrected chi connectivity index (χ0v) is 12.5. The van der Waals surface area contributed by atoms with Crippen LogP contribution in [-0.4, -0.2) is 36.1 Å². The highest BCUT2D eigenvalue weighted by atomic mass is 35.5. The molecule has 3 rings (SSSR count). The first-order chi connectivity index (χ1) is 10.1. The molecule has 0 bridgehead atoms. The van der Waals surface area contributed by atoms with Crippen molar-refractivity contribution in [2.75, 3.05) is 36.0 Å². The van der Waals surface area contributed by atoms with Gasteiger partial charge in [-0.25, -0.2) is 14.4 Å². The minimum atomic E-state index is -0.205. The molecule has 1 aromatic carbocycles. The van der Waals surface area contributed by atoms with Gasteiger partial charge >= 0.3 is 0 Å². The van der Waals surface area contributed by atoms with Crippen LogP contribution in [0.15, 0.2) is 30.3 Å². The fourth-order valence-electron chi connectivity index (χ4n) is 2.52. The molecule has 0 spiro atoms. The van der Waals surface area contributed by atoms with Gasteiger partial charge in [-0.15, -0.1) is 0 Å². The van der Waals surface area contributed by atoms with Crippen molar-refractivity contribution in [1.82, 2.24) is 9.97 Å². The average molecular weight is 307 g/mol. The molecule has 2 heterocycles. The van der Waals surface area contributed by atoms with E-state index in [1.165, 1.54) is 12.1 Å². The molecule has 1 aliphatic heterocycles. The molecule has 6 heteroatoms. The van der Waals surface area contributed by atoms with Gasteiger partial charge < -0.3 is 9.80 Å². The number of aryl methyl sites for hydroxylation is 1. The van der Waals surface area contributed by atoms with E-state index in [2.05, 4.69) is 19.8 Å². The van der Waals surface area contributed by atoms with Gasteiger partial charge in [-0.2, -0.15) is 0 Å². The van der Waals surface area contributed by atoms with Crippen LogP contribution in [0, 0.1) is 12.7 Å². The van der Waals surface area contributed by atoms with Gasteiger partial charge in [0.1, 0.15) is 11.6 Å². The molecule has 4 nitrogen and oxygen atoms in total. The van der Waals surface area contributed by atoms with E-state index >= 15 is 0 Å². The maximum atomic E-state index is 13.0. The Morgan fingerprint density at radius 3 is 2.24 bits per heavy atom. The molecule has 21 heavy (non-hydrogen) atoms. The van der Waals surface area contributed by atoms with Crippen molar-refractivity contribution in [2.24, 2.45) is 0 Å². The SMILES string of the molecule is Cc1cc(N2CCN(c3ccc(F)cc3)CC2)nc(Cl)n1. The second kappa shape index (κ2) is 5.85. The summed E-state index contributed by atoms with van der Waals surface area (Å²) in [5.74, 6) is 0.662. The summed E-state index contributed by atoms with van der Waals surface area (Å²) in [5.41, 5.74) is 1.92. The molecule has 1 fully saturated rings. The highest BCUT2D eigenvalue weighted by Crippen LogP contribution is 2.20. The summed E-state index contributed by atoms with van der Waals surface area (Å²) >= 11 is 5.91. The Labute approximate surface area is 128 Å². The van der Waals surface area contributed by atoms with Gasteiger partial charge in [0.05, 0.1) is 0 Å². The predicted molar refractivity (Wildman–Crippen MR) is 82.6 cm³/mol. The zero-order chi connectivity index (χ0) is 14.8. The van der Waals surface area contributed by atoms with Crippen LogP contribution in [0.1, 0.15) is 5.69 Å². The maximum absolute atomic E-state index is 13.0. The number of hydrogen-bond donors (Lipinski definition) is 0. The van der Waals surface area contributed by atoms with Crippen molar-refractivity contribution in [3.63, 3.8) is 0 Å². The molecule has 110 valence electrons. The first-order valence-corrected chi connectivity index (χ1v) is 7.26. The van der Waals surface area contributed by atoms with Crippen LogP contribution < -0.4 is 9.80 Å². The lowest BCUT2D eigenvalue weighted by Gasteiger charge is -2.36. The average Bonchev–Trinajstić information content (AvgIpc) is 2.47. The number of benzene rings is 1. The van der Waals surface area contributed by atoms with Crippen LogP contribution in [0.3, 0.4) is 0 Å². The summed E-state index contributed by atoms with van der Waals surface area (Å²) in [6, 6.07) is 8.57.